The maximum atomic E-state index is 12.4. The fraction of sp³-hybridized carbons (Fsp3) is 0.417. The fourth-order valence-electron chi connectivity index (χ4n) is 1.27. The summed E-state index contributed by atoms with van der Waals surface area (Å²) in [6, 6.07) is 4.38. The zero-order valence-corrected chi connectivity index (χ0v) is 10.0. The van der Waals surface area contributed by atoms with Crippen molar-refractivity contribution in [3.8, 4) is 5.75 Å². The number of ether oxygens (including phenoxy) is 1. The monoisotopic (exact) mass is 261 g/mol. The molecule has 6 heteroatoms. The van der Waals surface area contributed by atoms with Crippen molar-refractivity contribution in [3.05, 3.63) is 29.8 Å². The van der Waals surface area contributed by atoms with Crippen LogP contribution in [-0.2, 0) is 11.0 Å². The molecule has 0 saturated heterocycles. The molecule has 0 saturated carbocycles. The second kappa shape index (κ2) is 5.75. The second-order valence-corrected chi connectivity index (χ2v) is 4.04. The summed E-state index contributed by atoms with van der Waals surface area (Å²) in [6.07, 6.45) is -4.42. The van der Waals surface area contributed by atoms with Gasteiger partial charge in [-0.3, -0.25) is 4.79 Å². The van der Waals surface area contributed by atoms with E-state index >= 15 is 0 Å². The quantitative estimate of drug-likeness (QED) is 0.904. The average Bonchev–Trinajstić information content (AvgIpc) is 2.25. The molecule has 0 aliphatic carbocycles. The molecule has 18 heavy (non-hydrogen) atoms. The molecule has 0 aromatic heterocycles. The van der Waals surface area contributed by atoms with Crippen molar-refractivity contribution in [2.45, 2.75) is 26.1 Å². The molecule has 1 amide bonds. The Kier molecular flexibility index (Phi) is 4.58. The van der Waals surface area contributed by atoms with E-state index in [9.17, 15) is 18.0 Å². The summed E-state index contributed by atoms with van der Waals surface area (Å²) >= 11 is 0. The SMILES string of the molecule is CC(C)NC(=O)COc1cccc(C(F)(F)F)c1. The van der Waals surface area contributed by atoms with Crippen LogP contribution in [0.5, 0.6) is 5.75 Å². The van der Waals surface area contributed by atoms with Crippen molar-refractivity contribution in [2.75, 3.05) is 6.61 Å². The van der Waals surface area contributed by atoms with E-state index in [-0.39, 0.29) is 24.3 Å². The number of alkyl halides is 3. The van der Waals surface area contributed by atoms with E-state index in [1.165, 1.54) is 12.1 Å². The minimum atomic E-state index is -4.42. The smallest absolute Gasteiger partial charge is 0.416 e. The summed E-state index contributed by atoms with van der Waals surface area (Å²) in [5.74, 6) is -0.355. The van der Waals surface area contributed by atoms with Crippen molar-refractivity contribution in [2.24, 2.45) is 0 Å². The summed E-state index contributed by atoms with van der Waals surface area (Å²) in [6.45, 7) is 3.25. The molecule has 3 nitrogen and oxygen atoms in total. The topological polar surface area (TPSA) is 38.3 Å². The lowest BCUT2D eigenvalue weighted by molar-refractivity contribution is -0.137. The van der Waals surface area contributed by atoms with E-state index < -0.39 is 11.7 Å². The average molecular weight is 261 g/mol. The van der Waals surface area contributed by atoms with Crippen LogP contribution in [0.4, 0.5) is 13.2 Å². The van der Waals surface area contributed by atoms with Gasteiger partial charge in [-0.05, 0) is 32.0 Å². The van der Waals surface area contributed by atoms with E-state index in [0.29, 0.717) is 0 Å². The third kappa shape index (κ3) is 4.65. The lowest BCUT2D eigenvalue weighted by Crippen LogP contribution is -2.34. The lowest BCUT2D eigenvalue weighted by Gasteiger charge is -2.11. The number of rotatable bonds is 4. The number of carbonyl (C=O) groups excluding carboxylic acids is 1. The van der Waals surface area contributed by atoms with E-state index in [1.807, 2.05) is 0 Å². The first-order valence-corrected chi connectivity index (χ1v) is 5.38. The first-order valence-electron chi connectivity index (χ1n) is 5.38. The Labute approximate surface area is 103 Å². The number of nitrogens with one attached hydrogen (secondary N) is 1. The van der Waals surface area contributed by atoms with Crippen LogP contribution in [0.3, 0.4) is 0 Å². The van der Waals surface area contributed by atoms with Crippen molar-refractivity contribution in [1.29, 1.82) is 0 Å². The highest BCUT2D eigenvalue weighted by molar-refractivity contribution is 5.77. The van der Waals surface area contributed by atoms with Gasteiger partial charge in [-0.25, -0.2) is 0 Å². The van der Waals surface area contributed by atoms with Gasteiger partial charge >= 0.3 is 6.18 Å². The van der Waals surface area contributed by atoms with E-state index in [0.717, 1.165) is 12.1 Å². The van der Waals surface area contributed by atoms with Gasteiger partial charge in [-0.15, -0.1) is 0 Å². The minimum absolute atomic E-state index is 0.0173. The number of benzene rings is 1. The van der Waals surface area contributed by atoms with Gasteiger partial charge < -0.3 is 10.1 Å². The molecule has 0 unspecified atom stereocenters. The maximum absolute atomic E-state index is 12.4. The predicted octanol–water partition coefficient (Wildman–Crippen LogP) is 2.61. The van der Waals surface area contributed by atoms with Crippen LogP contribution in [0.1, 0.15) is 19.4 Å². The molecule has 1 aromatic rings. The first-order chi connectivity index (χ1) is 8.29. The van der Waals surface area contributed by atoms with Crippen LogP contribution >= 0.6 is 0 Å². The number of hydrogen-bond acceptors (Lipinski definition) is 2. The van der Waals surface area contributed by atoms with Crippen LogP contribution in [-0.4, -0.2) is 18.6 Å². The number of hydrogen-bond donors (Lipinski definition) is 1. The van der Waals surface area contributed by atoms with Crippen molar-refractivity contribution in [3.63, 3.8) is 0 Å². The van der Waals surface area contributed by atoms with E-state index in [1.54, 1.807) is 13.8 Å². The summed E-state index contributed by atoms with van der Waals surface area (Å²) < 4.78 is 42.2. The third-order valence-corrected chi connectivity index (χ3v) is 1.98. The lowest BCUT2D eigenvalue weighted by atomic mass is 10.2. The first kappa shape index (κ1) is 14.3. The van der Waals surface area contributed by atoms with Crippen molar-refractivity contribution in [1.82, 2.24) is 5.32 Å². The van der Waals surface area contributed by atoms with Crippen molar-refractivity contribution < 1.29 is 22.7 Å². The molecule has 100 valence electrons. The highest BCUT2D eigenvalue weighted by Gasteiger charge is 2.30. The predicted molar refractivity (Wildman–Crippen MR) is 60.2 cm³/mol. The molecule has 0 spiro atoms. The highest BCUT2D eigenvalue weighted by Crippen LogP contribution is 2.31. The zero-order chi connectivity index (χ0) is 13.8. The molecule has 0 radical (unpaired) electrons. The van der Waals surface area contributed by atoms with Gasteiger partial charge in [-0.2, -0.15) is 13.2 Å². The van der Waals surface area contributed by atoms with Crippen LogP contribution in [0.25, 0.3) is 0 Å². The molecule has 0 fully saturated rings. The Hall–Kier alpha value is -1.72. The summed E-state index contributed by atoms with van der Waals surface area (Å²) in [7, 11) is 0. The van der Waals surface area contributed by atoms with Gasteiger partial charge in [0.05, 0.1) is 5.56 Å². The Bertz CT molecular complexity index is 416. The van der Waals surface area contributed by atoms with Gasteiger partial charge in [-0.1, -0.05) is 6.07 Å². The molecule has 0 heterocycles. The molecular formula is C12H14F3NO2. The van der Waals surface area contributed by atoms with Crippen LogP contribution in [0, 0.1) is 0 Å². The van der Waals surface area contributed by atoms with E-state index in [4.69, 9.17) is 4.74 Å². The number of carbonyl (C=O) groups is 1. The zero-order valence-electron chi connectivity index (χ0n) is 10.0. The summed E-state index contributed by atoms with van der Waals surface area (Å²) in [4.78, 5) is 11.3. The minimum Gasteiger partial charge on any atom is -0.484 e. The van der Waals surface area contributed by atoms with Gasteiger partial charge in [0, 0.05) is 6.04 Å². The molecule has 1 rings (SSSR count). The Morgan fingerprint density at radius 2 is 2.06 bits per heavy atom. The normalized spacial score (nSPS) is 11.4. The largest absolute Gasteiger partial charge is 0.484 e. The Morgan fingerprint density at radius 1 is 1.39 bits per heavy atom. The van der Waals surface area contributed by atoms with Gasteiger partial charge in [0.15, 0.2) is 6.61 Å². The van der Waals surface area contributed by atoms with Gasteiger partial charge in [0.25, 0.3) is 5.91 Å². The number of halogens is 3. The molecule has 0 bridgehead atoms. The number of amides is 1. The Morgan fingerprint density at radius 3 is 2.61 bits per heavy atom. The molecule has 1 aromatic carbocycles. The van der Waals surface area contributed by atoms with Crippen LogP contribution in [0.2, 0.25) is 0 Å². The highest BCUT2D eigenvalue weighted by atomic mass is 19.4. The van der Waals surface area contributed by atoms with Crippen LogP contribution < -0.4 is 10.1 Å². The van der Waals surface area contributed by atoms with E-state index in [2.05, 4.69) is 5.32 Å². The molecular weight excluding hydrogens is 247 g/mol. The second-order valence-electron chi connectivity index (χ2n) is 4.04. The van der Waals surface area contributed by atoms with Gasteiger partial charge in [0.2, 0.25) is 0 Å². The summed E-state index contributed by atoms with van der Waals surface area (Å²) in [5, 5.41) is 2.57. The fourth-order valence-corrected chi connectivity index (χ4v) is 1.27. The maximum Gasteiger partial charge on any atom is 0.416 e. The van der Waals surface area contributed by atoms with Crippen molar-refractivity contribution >= 4 is 5.91 Å². The molecule has 0 atom stereocenters. The van der Waals surface area contributed by atoms with Crippen LogP contribution in [0.15, 0.2) is 24.3 Å². The summed E-state index contributed by atoms with van der Waals surface area (Å²) in [5.41, 5.74) is -0.802. The Balaban J connectivity index is 2.61. The third-order valence-electron chi connectivity index (χ3n) is 1.98. The standard InChI is InChI=1S/C12H14F3NO2/c1-8(2)16-11(17)7-18-10-5-3-4-9(6-10)12(13,14)15/h3-6,8H,7H2,1-2H3,(H,16,17). The molecule has 1 N–H and O–H groups in total. The molecule has 0 aliphatic heterocycles. The van der Waals surface area contributed by atoms with Gasteiger partial charge in [0.1, 0.15) is 5.75 Å². The molecule has 0 aliphatic rings.